The molecule has 0 rings (SSSR count). The van der Waals surface area contributed by atoms with Gasteiger partial charge in [0, 0.05) is 7.11 Å². The van der Waals surface area contributed by atoms with Crippen molar-refractivity contribution < 1.29 is 9.53 Å². The van der Waals surface area contributed by atoms with E-state index in [2.05, 4.69) is 6.58 Å². The summed E-state index contributed by atoms with van der Waals surface area (Å²) in [7, 11) is 1.56. The summed E-state index contributed by atoms with van der Waals surface area (Å²) in [5.41, 5.74) is 0.574. The van der Waals surface area contributed by atoms with Gasteiger partial charge in [-0.05, 0) is 18.9 Å². The first-order valence-corrected chi connectivity index (χ1v) is 3.86. The number of ether oxygens (including phenoxy) is 1. The fourth-order valence-corrected chi connectivity index (χ4v) is 0.893. The minimum atomic E-state index is -0.280. The van der Waals surface area contributed by atoms with Crippen LogP contribution in [0.5, 0.6) is 0 Å². The Labute approximate surface area is 68.2 Å². The Hall–Kier alpha value is -0.630. The molecule has 0 radical (unpaired) electrons. The SMILES string of the molecule is C=C(C)C(=O)C(CCC)OC. The van der Waals surface area contributed by atoms with Gasteiger partial charge >= 0.3 is 0 Å². The standard InChI is InChI=1S/C9H16O2/c1-5-6-8(11-4)9(10)7(2)3/h8H,2,5-6H2,1,3-4H3. The maximum atomic E-state index is 11.2. The van der Waals surface area contributed by atoms with Gasteiger partial charge in [0.05, 0.1) is 0 Å². The van der Waals surface area contributed by atoms with E-state index in [0.29, 0.717) is 5.57 Å². The van der Waals surface area contributed by atoms with E-state index in [1.807, 2.05) is 6.92 Å². The molecule has 0 heterocycles. The minimum absolute atomic E-state index is 0.0225. The predicted molar refractivity (Wildman–Crippen MR) is 45.5 cm³/mol. The fraction of sp³-hybridized carbons (Fsp3) is 0.667. The topological polar surface area (TPSA) is 26.3 Å². The van der Waals surface area contributed by atoms with Crippen LogP contribution in [0.3, 0.4) is 0 Å². The molecule has 1 unspecified atom stereocenters. The molecule has 0 saturated carbocycles. The Balaban J connectivity index is 4.02. The van der Waals surface area contributed by atoms with Crippen LogP contribution in [0.1, 0.15) is 26.7 Å². The van der Waals surface area contributed by atoms with Crippen molar-refractivity contribution in [2.24, 2.45) is 0 Å². The molecule has 0 aromatic rings. The lowest BCUT2D eigenvalue weighted by Gasteiger charge is -2.11. The Morgan fingerprint density at radius 2 is 2.18 bits per heavy atom. The first-order valence-electron chi connectivity index (χ1n) is 3.86. The van der Waals surface area contributed by atoms with Crippen molar-refractivity contribution in [1.29, 1.82) is 0 Å². The monoisotopic (exact) mass is 156 g/mol. The molecule has 0 aliphatic heterocycles. The summed E-state index contributed by atoms with van der Waals surface area (Å²) in [4.78, 5) is 11.2. The van der Waals surface area contributed by atoms with E-state index >= 15 is 0 Å². The maximum absolute atomic E-state index is 11.2. The molecule has 2 nitrogen and oxygen atoms in total. The van der Waals surface area contributed by atoms with E-state index in [-0.39, 0.29) is 11.9 Å². The average Bonchev–Trinajstić information content (AvgIpc) is 1.98. The largest absolute Gasteiger partial charge is 0.373 e. The molecule has 0 N–H and O–H groups in total. The molecule has 0 aliphatic carbocycles. The van der Waals surface area contributed by atoms with Crippen molar-refractivity contribution in [2.45, 2.75) is 32.8 Å². The van der Waals surface area contributed by atoms with Gasteiger partial charge in [0.1, 0.15) is 6.10 Å². The number of Topliss-reactive ketones (excluding diaryl/α,β-unsaturated/α-hetero) is 1. The molecule has 0 spiro atoms. The Kier molecular flexibility index (Phi) is 4.79. The van der Waals surface area contributed by atoms with E-state index in [4.69, 9.17) is 4.74 Å². The Morgan fingerprint density at radius 1 is 1.64 bits per heavy atom. The van der Waals surface area contributed by atoms with E-state index in [1.165, 1.54) is 0 Å². The molecule has 1 atom stereocenters. The fourth-order valence-electron chi connectivity index (χ4n) is 0.893. The first kappa shape index (κ1) is 10.4. The molecule has 0 saturated heterocycles. The van der Waals surface area contributed by atoms with Crippen LogP contribution in [0.25, 0.3) is 0 Å². The van der Waals surface area contributed by atoms with Crippen molar-refractivity contribution in [1.82, 2.24) is 0 Å². The van der Waals surface area contributed by atoms with Crippen molar-refractivity contribution in [2.75, 3.05) is 7.11 Å². The molecular weight excluding hydrogens is 140 g/mol. The van der Waals surface area contributed by atoms with Crippen LogP contribution in [0, 0.1) is 0 Å². The zero-order valence-electron chi connectivity index (χ0n) is 7.52. The molecular formula is C9H16O2. The summed E-state index contributed by atoms with van der Waals surface area (Å²) in [6.45, 7) is 7.31. The quantitative estimate of drug-likeness (QED) is 0.569. The highest BCUT2D eigenvalue weighted by Gasteiger charge is 2.16. The molecule has 0 aliphatic rings. The van der Waals surface area contributed by atoms with Crippen molar-refractivity contribution in [3.8, 4) is 0 Å². The number of methoxy groups -OCH3 is 1. The van der Waals surface area contributed by atoms with Crippen molar-refractivity contribution >= 4 is 5.78 Å². The lowest BCUT2D eigenvalue weighted by molar-refractivity contribution is -0.125. The van der Waals surface area contributed by atoms with Crippen LogP contribution in [0.4, 0.5) is 0 Å². The van der Waals surface area contributed by atoms with Crippen LogP contribution < -0.4 is 0 Å². The van der Waals surface area contributed by atoms with E-state index in [9.17, 15) is 4.79 Å². The van der Waals surface area contributed by atoms with Crippen LogP contribution in [0.15, 0.2) is 12.2 Å². The van der Waals surface area contributed by atoms with Crippen molar-refractivity contribution in [3.63, 3.8) is 0 Å². The first-order chi connectivity index (χ1) is 5.13. The lowest BCUT2D eigenvalue weighted by atomic mass is 10.1. The summed E-state index contributed by atoms with van der Waals surface area (Å²) in [5.74, 6) is 0.0225. The van der Waals surface area contributed by atoms with Gasteiger partial charge in [-0.2, -0.15) is 0 Å². The molecule has 0 aromatic carbocycles. The molecule has 0 aromatic heterocycles. The van der Waals surface area contributed by atoms with Crippen molar-refractivity contribution in [3.05, 3.63) is 12.2 Å². The Morgan fingerprint density at radius 3 is 2.45 bits per heavy atom. The second kappa shape index (κ2) is 5.08. The number of hydrogen-bond acceptors (Lipinski definition) is 2. The number of ketones is 1. The van der Waals surface area contributed by atoms with Gasteiger partial charge in [-0.1, -0.05) is 19.9 Å². The van der Waals surface area contributed by atoms with Gasteiger partial charge in [-0.3, -0.25) is 4.79 Å². The normalized spacial score (nSPS) is 12.6. The molecule has 0 amide bonds. The molecule has 64 valence electrons. The van der Waals surface area contributed by atoms with E-state index in [0.717, 1.165) is 12.8 Å². The third-order valence-corrected chi connectivity index (χ3v) is 1.55. The maximum Gasteiger partial charge on any atom is 0.186 e. The summed E-state index contributed by atoms with van der Waals surface area (Å²) < 4.78 is 5.00. The zero-order valence-corrected chi connectivity index (χ0v) is 7.52. The van der Waals surface area contributed by atoms with Gasteiger partial charge in [0.2, 0.25) is 0 Å². The number of rotatable bonds is 5. The Bertz CT molecular complexity index is 150. The van der Waals surface area contributed by atoms with Crippen LogP contribution in [0.2, 0.25) is 0 Å². The van der Waals surface area contributed by atoms with Gasteiger partial charge in [0.15, 0.2) is 5.78 Å². The second-order valence-corrected chi connectivity index (χ2v) is 2.66. The highest BCUT2D eigenvalue weighted by atomic mass is 16.5. The average molecular weight is 156 g/mol. The summed E-state index contributed by atoms with van der Waals surface area (Å²) in [6, 6.07) is 0. The lowest BCUT2D eigenvalue weighted by Crippen LogP contribution is -2.22. The van der Waals surface area contributed by atoms with Gasteiger partial charge in [0.25, 0.3) is 0 Å². The highest BCUT2D eigenvalue weighted by molar-refractivity contribution is 5.97. The van der Waals surface area contributed by atoms with Gasteiger partial charge in [-0.25, -0.2) is 0 Å². The summed E-state index contributed by atoms with van der Waals surface area (Å²) >= 11 is 0. The van der Waals surface area contributed by atoms with Gasteiger partial charge < -0.3 is 4.74 Å². The number of carbonyl (C=O) groups excluding carboxylic acids is 1. The van der Waals surface area contributed by atoms with Crippen LogP contribution in [-0.4, -0.2) is 19.0 Å². The van der Waals surface area contributed by atoms with Crippen LogP contribution >= 0.6 is 0 Å². The third kappa shape index (κ3) is 3.33. The number of carbonyl (C=O) groups is 1. The van der Waals surface area contributed by atoms with Crippen LogP contribution in [-0.2, 0) is 9.53 Å². The van der Waals surface area contributed by atoms with E-state index < -0.39 is 0 Å². The molecule has 11 heavy (non-hydrogen) atoms. The smallest absolute Gasteiger partial charge is 0.186 e. The minimum Gasteiger partial charge on any atom is -0.373 e. The molecule has 2 heteroatoms. The highest BCUT2D eigenvalue weighted by Crippen LogP contribution is 2.06. The summed E-state index contributed by atoms with van der Waals surface area (Å²) in [6.07, 6.45) is 1.46. The van der Waals surface area contributed by atoms with E-state index in [1.54, 1.807) is 14.0 Å². The van der Waals surface area contributed by atoms with Gasteiger partial charge in [-0.15, -0.1) is 0 Å². The molecule has 0 fully saturated rings. The summed E-state index contributed by atoms with van der Waals surface area (Å²) in [5, 5.41) is 0. The number of hydrogen-bond donors (Lipinski definition) is 0. The zero-order chi connectivity index (χ0) is 8.85. The predicted octanol–water partition coefficient (Wildman–Crippen LogP) is 1.95. The molecule has 0 bridgehead atoms. The third-order valence-electron chi connectivity index (χ3n) is 1.55. The second-order valence-electron chi connectivity index (χ2n) is 2.66.